The van der Waals surface area contributed by atoms with E-state index in [4.69, 9.17) is 9.47 Å². The molecule has 1 heterocycles. The first-order chi connectivity index (χ1) is 15.5. The summed E-state index contributed by atoms with van der Waals surface area (Å²) < 4.78 is 38.4. The van der Waals surface area contributed by atoms with Crippen molar-refractivity contribution in [2.45, 2.75) is 6.54 Å². The van der Waals surface area contributed by atoms with Crippen LogP contribution in [0.5, 0.6) is 5.75 Å². The molecular weight excluding hydrogens is 440 g/mol. The zero-order chi connectivity index (χ0) is 23.3. The normalized spacial score (nSPS) is 10.2. The fourth-order valence-corrected chi connectivity index (χ4v) is 3.54. The van der Waals surface area contributed by atoms with Crippen LogP contribution in [0, 0.1) is 28.5 Å². The molecule has 0 bridgehead atoms. The molecule has 0 saturated heterocycles. The van der Waals surface area contributed by atoms with E-state index in [9.17, 15) is 23.6 Å². The molecule has 8 nitrogen and oxygen atoms in total. The highest BCUT2D eigenvalue weighted by atomic mass is 32.2. The number of methoxy groups -OCH3 is 2. The van der Waals surface area contributed by atoms with Gasteiger partial charge in [0, 0.05) is 17.5 Å². The van der Waals surface area contributed by atoms with E-state index in [1.165, 1.54) is 32.5 Å². The van der Waals surface area contributed by atoms with Gasteiger partial charge in [0.2, 0.25) is 0 Å². The number of hydrogen-bond donors (Lipinski definition) is 1. The van der Waals surface area contributed by atoms with E-state index in [-0.39, 0.29) is 41.5 Å². The SMILES string of the molecule is COC(=C(C#N)C#N)c1ccc(CNC(=O)c2cc(F)ccc2OC)c2c1cnn2SF. The highest BCUT2D eigenvalue weighted by Gasteiger charge is 2.20. The number of fused-ring (bicyclic) bond motifs is 1. The summed E-state index contributed by atoms with van der Waals surface area (Å²) in [4.78, 5) is 12.6. The minimum Gasteiger partial charge on any atom is -0.496 e. The van der Waals surface area contributed by atoms with Crippen LogP contribution in [0.1, 0.15) is 21.5 Å². The van der Waals surface area contributed by atoms with Crippen LogP contribution in [-0.4, -0.2) is 29.3 Å². The highest BCUT2D eigenvalue weighted by Crippen LogP contribution is 2.32. The summed E-state index contributed by atoms with van der Waals surface area (Å²) in [5.74, 6) is -0.974. The average molecular weight is 455 g/mol. The van der Waals surface area contributed by atoms with Crippen LogP contribution >= 0.6 is 12.3 Å². The van der Waals surface area contributed by atoms with Gasteiger partial charge in [-0.3, -0.25) is 4.79 Å². The molecule has 1 aromatic heterocycles. The van der Waals surface area contributed by atoms with Crippen molar-refractivity contribution in [2.24, 2.45) is 0 Å². The van der Waals surface area contributed by atoms with Crippen molar-refractivity contribution in [3.05, 3.63) is 64.6 Å². The number of rotatable bonds is 7. The molecule has 0 radical (unpaired) electrons. The maximum absolute atomic E-state index is 13.6. The number of ether oxygens (including phenoxy) is 2. The van der Waals surface area contributed by atoms with Crippen LogP contribution in [0.4, 0.5) is 8.28 Å². The zero-order valence-corrected chi connectivity index (χ0v) is 17.7. The first-order valence-electron chi connectivity index (χ1n) is 8.98. The van der Waals surface area contributed by atoms with E-state index >= 15 is 0 Å². The van der Waals surface area contributed by atoms with Gasteiger partial charge >= 0.3 is 0 Å². The number of nitriles is 2. The first kappa shape index (κ1) is 22.6. The molecule has 162 valence electrons. The van der Waals surface area contributed by atoms with Crippen molar-refractivity contribution in [2.75, 3.05) is 14.2 Å². The molecule has 1 amide bonds. The second-order valence-corrected chi connectivity index (χ2v) is 6.76. The molecule has 0 aliphatic heterocycles. The number of halogens is 2. The topological polar surface area (TPSA) is 113 Å². The smallest absolute Gasteiger partial charge is 0.255 e. The van der Waals surface area contributed by atoms with Gasteiger partial charge in [-0.05, 0) is 23.8 Å². The van der Waals surface area contributed by atoms with Gasteiger partial charge in [-0.15, -0.1) is 3.89 Å². The van der Waals surface area contributed by atoms with Crippen LogP contribution in [0.25, 0.3) is 16.7 Å². The molecule has 32 heavy (non-hydrogen) atoms. The Morgan fingerprint density at radius 2 is 1.97 bits per heavy atom. The van der Waals surface area contributed by atoms with Gasteiger partial charge in [0.25, 0.3) is 5.91 Å². The van der Waals surface area contributed by atoms with E-state index in [2.05, 4.69) is 10.4 Å². The molecule has 11 heteroatoms. The zero-order valence-electron chi connectivity index (χ0n) is 16.8. The van der Waals surface area contributed by atoms with Gasteiger partial charge in [-0.1, -0.05) is 12.1 Å². The quantitative estimate of drug-likeness (QED) is 0.425. The lowest BCUT2D eigenvalue weighted by molar-refractivity contribution is 0.0947. The van der Waals surface area contributed by atoms with Gasteiger partial charge in [0.05, 0.1) is 31.5 Å². The molecule has 0 aliphatic carbocycles. The summed E-state index contributed by atoms with van der Waals surface area (Å²) in [5.41, 5.74) is 0.912. The van der Waals surface area contributed by atoms with Gasteiger partial charge in [-0.25, -0.2) is 4.39 Å². The summed E-state index contributed by atoms with van der Waals surface area (Å²) in [6, 6.07) is 10.3. The van der Waals surface area contributed by atoms with E-state index in [1.54, 1.807) is 24.3 Å². The van der Waals surface area contributed by atoms with Gasteiger partial charge in [0.1, 0.15) is 23.7 Å². The van der Waals surface area contributed by atoms with E-state index in [1.807, 2.05) is 0 Å². The molecule has 0 saturated carbocycles. The maximum atomic E-state index is 13.6. The second-order valence-electron chi connectivity index (χ2n) is 6.28. The van der Waals surface area contributed by atoms with Crippen LogP contribution in [0.2, 0.25) is 0 Å². The fraction of sp³-hybridized carbons (Fsp3) is 0.143. The summed E-state index contributed by atoms with van der Waals surface area (Å²) in [6.45, 7) is -0.0447. The molecule has 2 aromatic carbocycles. The predicted molar refractivity (Wildman–Crippen MR) is 113 cm³/mol. The number of amides is 1. The number of benzene rings is 2. The number of carbonyl (C=O) groups excluding carboxylic acids is 1. The second kappa shape index (κ2) is 9.81. The fourth-order valence-electron chi connectivity index (χ4n) is 3.17. The lowest BCUT2D eigenvalue weighted by Crippen LogP contribution is -2.24. The van der Waals surface area contributed by atoms with Gasteiger partial charge in [0.15, 0.2) is 23.7 Å². The first-order valence-corrected chi connectivity index (χ1v) is 9.65. The minimum absolute atomic E-state index is 0.00558. The Kier molecular flexibility index (Phi) is 6.93. The van der Waals surface area contributed by atoms with E-state index in [0.717, 1.165) is 10.2 Å². The van der Waals surface area contributed by atoms with Crippen LogP contribution < -0.4 is 10.1 Å². The van der Waals surface area contributed by atoms with E-state index < -0.39 is 11.7 Å². The largest absolute Gasteiger partial charge is 0.496 e. The van der Waals surface area contributed by atoms with Crippen molar-refractivity contribution >= 4 is 34.9 Å². The van der Waals surface area contributed by atoms with Crippen molar-refractivity contribution < 1.29 is 22.5 Å². The molecular formula is C21H15F2N5O3S. The van der Waals surface area contributed by atoms with E-state index in [0.29, 0.717) is 22.0 Å². The van der Waals surface area contributed by atoms with Crippen molar-refractivity contribution in [1.29, 1.82) is 10.5 Å². The monoisotopic (exact) mass is 455 g/mol. The molecule has 3 rings (SSSR count). The Bertz CT molecular complexity index is 1290. The number of aromatic nitrogens is 2. The van der Waals surface area contributed by atoms with Crippen molar-refractivity contribution in [1.82, 2.24) is 14.5 Å². The third kappa shape index (κ3) is 4.19. The summed E-state index contributed by atoms with van der Waals surface area (Å²) in [6.07, 6.45) is 1.36. The van der Waals surface area contributed by atoms with Crippen LogP contribution in [0.15, 0.2) is 42.1 Å². The van der Waals surface area contributed by atoms with Crippen molar-refractivity contribution in [3.8, 4) is 17.9 Å². The Morgan fingerprint density at radius 3 is 2.59 bits per heavy atom. The van der Waals surface area contributed by atoms with Crippen molar-refractivity contribution in [3.63, 3.8) is 0 Å². The Balaban J connectivity index is 2.03. The summed E-state index contributed by atoms with van der Waals surface area (Å²) in [5, 5.41) is 25.4. The molecule has 0 fully saturated rings. The average Bonchev–Trinajstić information content (AvgIpc) is 3.25. The number of hydrogen-bond acceptors (Lipinski definition) is 7. The maximum Gasteiger partial charge on any atom is 0.255 e. The van der Waals surface area contributed by atoms with Gasteiger partial charge in [-0.2, -0.15) is 19.7 Å². The molecule has 0 unspecified atom stereocenters. The third-order valence-electron chi connectivity index (χ3n) is 4.59. The Labute approximate surface area is 186 Å². The predicted octanol–water partition coefficient (Wildman–Crippen LogP) is 3.90. The molecule has 3 aromatic rings. The van der Waals surface area contributed by atoms with Gasteiger partial charge < -0.3 is 14.8 Å². The number of nitrogens with one attached hydrogen (secondary N) is 1. The van der Waals surface area contributed by atoms with Crippen LogP contribution in [0.3, 0.4) is 0 Å². The Morgan fingerprint density at radius 1 is 1.22 bits per heavy atom. The number of allylic oxidation sites excluding steroid dienone is 1. The summed E-state index contributed by atoms with van der Waals surface area (Å²) in [7, 11) is 2.67. The molecule has 0 spiro atoms. The minimum atomic E-state index is -0.598. The summed E-state index contributed by atoms with van der Waals surface area (Å²) >= 11 is -0.158. The molecule has 0 aliphatic rings. The number of nitrogens with zero attached hydrogens (tertiary/aromatic N) is 4. The highest BCUT2D eigenvalue weighted by molar-refractivity contribution is 7.92. The Hall–Kier alpha value is -4.09. The third-order valence-corrected chi connectivity index (χ3v) is 5.00. The molecule has 0 atom stereocenters. The van der Waals surface area contributed by atoms with Crippen LogP contribution in [-0.2, 0) is 11.3 Å². The lowest BCUT2D eigenvalue weighted by atomic mass is 10.0. The number of carbonyl (C=O) groups is 1. The molecule has 1 N–H and O–H groups in total. The lowest BCUT2D eigenvalue weighted by Gasteiger charge is -2.13. The standard InChI is InChI=1S/C21H15F2N5O3S/c1-30-18-6-4-14(22)7-16(18)21(29)26-10-12-3-5-15(20(31-2)13(8-24)9-25)17-11-27-28(32-23)19(12)17/h3-7,11H,10H2,1-2H3,(H,26,29).